The van der Waals surface area contributed by atoms with Crippen molar-refractivity contribution in [2.24, 2.45) is 0 Å². The zero-order chi connectivity index (χ0) is 12.7. The van der Waals surface area contributed by atoms with Crippen molar-refractivity contribution < 1.29 is 14.7 Å². The Hall–Kier alpha value is -1.70. The highest BCUT2D eigenvalue weighted by atomic mass is 16.4. The molecule has 94 valence electrons. The van der Waals surface area contributed by atoms with Gasteiger partial charge in [-0.25, -0.2) is 4.79 Å². The number of aliphatic carboxylic acids is 1. The first-order valence-electron chi connectivity index (χ1n) is 5.79. The van der Waals surface area contributed by atoms with Crippen LogP contribution in [0.1, 0.15) is 38.5 Å². The van der Waals surface area contributed by atoms with Crippen molar-refractivity contribution in [3.05, 3.63) is 0 Å². The van der Waals surface area contributed by atoms with Crippen molar-refractivity contribution >= 4 is 12.0 Å². The molecule has 1 fully saturated rings. The molecule has 5 nitrogen and oxygen atoms in total. The maximum Gasteiger partial charge on any atom is 0.315 e. The molecule has 3 N–H and O–H groups in total. The fourth-order valence-electron chi connectivity index (χ4n) is 2.28. The van der Waals surface area contributed by atoms with E-state index in [1.165, 1.54) is 0 Å². The number of carboxylic acid groups (broad SMARTS) is 1. The Morgan fingerprint density at radius 2 is 1.94 bits per heavy atom. The number of hydrogen-bond acceptors (Lipinski definition) is 2. The SMILES string of the molecule is C#CCNC(=O)NC1(CC(=O)O)CCCCC1. The minimum atomic E-state index is -0.885. The highest BCUT2D eigenvalue weighted by Gasteiger charge is 2.35. The lowest BCUT2D eigenvalue weighted by Gasteiger charge is -2.36. The van der Waals surface area contributed by atoms with Crippen LogP contribution in [-0.2, 0) is 4.79 Å². The van der Waals surface area contributed by atoms with E-state index in [0.29, 0.717) is 12.8 Å². The van der Waals surface area contributed by atoms with Crippen molar-refractivity contribution in [1.29, 1.82) is 0 Å². The molecule has 0 aromatic heterocycles. The quantitative estimate of drug-likeness (QED) is 0.642. The van der Waals surface area contributed by atoms with Gasteiger partial charge in [0.05, 0.1) is 18.5 Å². The molecule has 0 radical (unpaired) electrons. The molecule has 1 saturated carbocycles. The molecule has 0 heterocycles. The van der Waals surface area contributed by atoms with Crippen LogP contribution in [0.25, 0.3) is 0 Å². The highest BCUT2D eigenvalue weighted by molar-refractivity contribution is 5.77. The molecule has 1 aliphatic carbocycles. The Labute approximate surface area is 101 Å². The molecule has 0 bridgehead atoms. The predicted octanol–water partition coefficient (Wildman–Crippen LogP) is 1.10. The van der Waals surface area contributed by atoms with Crippen LogP contribution in [0.3, 0.4) is 0 Å². The van der Waals surface area contributed by atoms with Crippen LogP contribution in [0.5, 0.6) is 0 Å². The number of terminal acetylenes is 1. The number of nitrogens with one attached hydrogen (secondary N) is 2. The van der Waals surface area contributed by atoms with Gasteiger partial charge in [-0.05, 0) is 12.8 Å². The molecule has 5 heteroatoms. The van der Waals surface area contributed by atoms with Gasteiger partial charge in [-0.3, -0.25) is 4.79 Å². The molecule has 0 atom stereocenters. The van der Waals surface area contributed by atoms with Crippen LogP contribution in [0.4, 0.5) is 4.79 Å². The molecule has 0 aromatic carbocycles. The standard InChI is InChI=1S/C12H18N2O3/c1-2-8-13-11(17)14-12(9-10(15)16)6-4-3-5-7-12/h1H,3-9H2,(H,15,16)(H2,13,14,17). The molecule has 1 rings (SSSR count). The summed E-state index contributed by atoms with van der Waals surface area (Å²) in [5.74, 6) is 1.42. The second-order valence-corrected chi connectivity index (χ2v) is 4.42. The summed E-state index contributed by atoms with van der Waals surface area (Å²) in [6, 6.07) is -0.383. The number of urea groups is 1. The van der Waals surface area contributed by atoms with Crippen molar-refractivity contribution in [3.8, 4) is 12.3 Å². The minimum Gasteiger partial charge on any atom is -0.481 e. The molecule has 17 heavy (non-hydrogen) atoms. The summed E-state index contributed by atoms with van der Waals surface area (Å²) in [7, 11) is 0. The van der Waals surface area contributed by atoms with Crippen molar-refractivity contribution in [1.82, 2.24) is 10.6 Å². The number of carboxylic acids is 1. The monoisotopic (exact) mass is 238 g/mol. The second-order valence-electron chi connectivity index (χ2n) is 4.42. The van der Waals surface area contributed by atoms with Gasteiger partial charge >= 0.3 is 12.0 Å². The van der Waals surface area contributed by atoms with Gasteiger partial charge in [0.25, 0.3) is 0 Å². The van der Waals surface area contributed by atoms with Crippen LogP contribution in [0.2, 0.25) is 0 Å². The van der Waals surface area contributed by atoms with E-state index in [9.17, 15) is 9.59 Å². The molecular weight excluding hydrogens is 220 g/mol. The normalized spacial score (nSPS) is 17.8. The molecule has 0 aliphatic heterocycles. The van der Waals surface area contributed by atoms with Gasteiger partial charge in [-0.1, -0.05) is 25.2 Å². The summed E-state index contributed by atoms with van der Waals surface area (Å²) in [6.45, 7) is 0.148. The number of hydrogen-bond donors (Lipinski definition) is 3. The van der Waals surface area contributed by atoms with Gasteiger partial charge in [0.15, 0.2) is 0 Å². The van der Waals surface area contributed by atoms with E-state index in [4.69, 9.17) is 11.5 Å². The summed E-state index contributed by atoms with van der Waals surface area (Å²) < 4.78 is 0. The number of amides is 2. The predicted molar refractivity (Wildman–Crippen MR) is 63.4 cm³/mol. The van der Waals surface area contributed by atoms with E-state index in [0.717, 1.165) is 19.3 Å². The summed E-state index contributed by atoms with van der Waals surface area (Å²) in [4.78, 5) is 22.4. The number of carbonyl (C=O) groups is 2. The first-order valence-corrected chi connectivity index (χ1v) is 5.79. The number of rotatable bonds is 4. The van der Waals surface area contributed by atoms with E-state index >= 15 is 0 Å². The molecule has 0 saturated heterocycles. The van der Waals surface area contributed by atoms with Crippen molar-refractivity contribution in [3.63, 3.8) is 0 Å². The summed E-state index contributed by atoms with van der Waals surface area (Å²) in [5.41, 5.74) is -0.608. The van der Waals surface area contributed by atoms with Crippen LogP contribution >= 0.6 is 0 Å². The van der Waals surface area contributed by atoms with Crippen LogP contribution < -0.4 is 10.6 Å². The first kappa shape index (κ1) is 13.4. The van der Waals surface area contributed by atoms with Gasteiger partial charge in [0.2, 0.25) is 0 Å². The zero-order valence-corrected chi connectivity index (χ0v) is 9.79. The third-order valence-electron chi connectivity index (χ3n) is 3.03. The smallest absolute Gasteiger partial charge is 0.315 e. The average molecular weight is 238 g/mol. The van der Waals surface area contributed by atoms with Crippen molar-refractivity contribution in [2.75, 3.05) is 6.54 Å². The fraction of sp³-hybridized carbons (Fsp3) is 0.667. The van der Waals surface area contributed by atoms with Crippen molar-refractivity contribution in [2.45, 2.75) is 44.1 Å². The van der Waals surface area contributed by atoms with Crippen LogP contribution in [0, 0.1) is 12.3 Å². The maximum atomic E-state index is 11.5. The zero-order valence-electron chi connectivity index (χ0n) is 9.79. The minimum absolute atomic E-state index is 0.0313. The third kappa shape index (κ3) is 4.35. The van der Waals surface area contributed by atoms with Gasteiger partial charge in [-0.2, -0.15) is 0 Å². The van der Waals surface area contributed by atoms with Gasteiger partial charge < -0.3 is 15.7 Å². The molecule has 0 spiro atoms. The Bertz CT molecular complexity index is 327. The van der Waals surface area contributed by atoms with E-state index in [1.807, 2.05) is 0 Å². The maximum absolute atomic E-state index is 11.5. The Morgan fingerprint density at radius 1 is 1.29 bits per heavy atom. The molecule has 0 aromatic rings. The van der Waals surface area contributed by atoms with E-state index < -0.39 is 11.5 Å². The van der Waals surface area contributed by atoms with Crippen LogP contribution in [0.15, 0.2) is 0 Å². The van der Waals surface area contributed by atoms with Gasteiger partial charge in [0.1, 0.15) is 0 Å². The Kier molecular flexibility index (Phi) is 4.83. The third-order valence-corrected chi connectivity index (χ3v) is 3.03. The van der Waals surface area contributed by atoms with E-state index in [-0.39, 0.29) is 19.0 Å². The molecular formula is C12H18N2O3. The summed E-state index contributed by atoms with van der Waals surface area (Å²) in [6.07, 6.45) is 9.41. The molecule has 2 amide bonds. The molecule has 0 unspecified atom stereocenters. The Morgan fingerprint density at radius 3 is 2.47 bits per heavy atom. The van der Waals surface area contributed by atoms with Gasteiger partial charge in [0, 0.05) is 0 Å². The second kappa shape index (κ2) is 6.14. The Balaban J connectivity index is 2.60. The van der Waals surface area contributed by atoms with E-state index in [2.05, 4.69) is 16.6 Å². The van der Waals surface area contributed by atoms with Crippen LogP contribution in [-0.4, -0.2) is 29.2 Å². The topological polar surface area (TPSA) is 78.4 Å². The lowest BCUT2D eigenvalue weighted by molar-refractivity contribution is -0.139. The summed E-state index contributed by atoms with van der Waals surface area (Å²) >= 11 is 0. The first-order chi connectivity index (χ1) is 8.08. The fourth-order valence-corrected chi connectivity index (χ4v) is 2.28. The lowest BCUT2D eigenvalue weighted by atomic mass is 9.79. The van der Waals surface area contributed by atoms with E-state index in [1.54, 1.807) is 0 Å². The largest absolute Gasteiger partial charge is 0.481 e. The molecule has 1 aliphatic rings. The van der Waals surface area contributed by atoms with Gasteiger partial charge in [-0.15, -0.1) is 6.42 Å². The average Bonchev–Trinajstić information content (AvgIpc) is 2.26. The lowest BCUT2D eigenvalue weighted by Crippen LogP contribution is -2.54. The summed E-state index contributed by atoms with van der Waals surface area (Å²) in [5, 5.41) is 14.2. The highest BCUT2D eigenvalue weighted by Crippen LogP contribution is 2.30. The number of carbonyl (C=O) groups excluding carboxylic acids is 1.